The van der Waals surface area contributed by atoms with E-state index in [0.717, 1.165) is 25.7 Å². The Kier molecular flexibility index (Phi) is 7.82. The Hall–Kier alpha value is -1.54. The summed E-state index contributed by atoms with van der Waals surface area (Å²) in [5, 5.41) is 17.6. The predicted molar refractivity (Wildman–Crippen MR) is 64.8 cm³/mol. The van der Waals surface area contributed by atoms with Crippen LogP contribution in [0.15, 0.2) is 17.9 Å². The van der Waals surface area contributed by atoms with Crippen LogP contribution in [0.2, 0.25) is 0 Å². The average molecular weight is 240 g/mol. The minimum absolute atomic E-state index is 0.402. The molecule has 0 aliphatic rings. The van der Waals surface area contributed by atoms with E-state index in [-0.39, 0.29) is 0 Å². The van der Waals surface area contributed by atoms with E-state index in [4.69, 9.17) is 10.2 Å². The van der Waals surface area contributed by atoms with Gasteiger partial charge in [-0.05, 0) is 18.4 Å². The summed E-state index contributed by atoms with van der Waals surface area (Å²) in [5.41, 5.74) is 3.08. The van der Waals surface area contributed by atoms with Crippen molar-refractivity contribution in [2.75, 3.05) is 0 Å². The number of hydrogen-bond acceptors (Lipinski definition) is 2. The lowest BCUT2D eigenvalue weighted by molar-refractivity contribution is -0.147. The molecule has 0 radical (unpaired) electrons. The Balaban J connectivity index is 4.43. The molecule has 4 heteroatoms. The molecule has 1 atom stereocenters. The number of hydrogen-bond donors (Lipinski definition) is 2. The summed E-state index contributed by atoms with van der Waals surface area (Å²) < 4.78 is 0. The van der Waals surface area contributed by atoms with Gasteiger partial charge in [-0.1, -0.05) is 32.8 Å². The summed E-state index contributed by atoms with van der Waals surface area (Å²) in [6, 6.07) is 0. The summed E-state index contributed by atoms with van der Waals surface area (Å²) in [4.78, 5) is 21.6. The smallest absolute Gasteiger partial charge is 0.311 e. The second kappa shape index (κ2) is 8.59. The van der Waals surface area contributed by atoms with Crippen molar-refractivity contribution in [2.24, 2.45) is 5.92 Å². The maximum absolute atomic E-state index is 11.0. The first-order valence-corrected chi connectivity index (χ1v) is 5.86. The summed E-state index contributed by atoms with van der Waals surface area (Å²) in [6.45, 7) is 5.54. The lowest BCUT2D eigenvalue weighted by Crippen LogP contribution is -2.19. The van der Waals surface area contributed by atoms with Crippen LogP contribution >= 0.6 is 0 Å². The predicted octanol–water partition coefficient (Wildman–Crippen LogP) is 2.84. The SMILES string of the molecule is C=C=C(CCCCCC)C(CC(=O)O)C(=O)O. The van der Waals surface area contributed by atoms with Crippen molar-refractivity contribution in [3.8, 4) is 0 Å². The van der Waals surface area contributed by atoms with Gasteiger partial charge in [0.1, 0.15) is 0 Å². The van der Waals surface area contributed by atoms with Gasteiger partial charge in [-0.15, -0.1) is 5.73 Å². The Morgan fingerprint density at radius 3 is 2.29 bits per heavy atom. The molecule has 0 bridgehead atoms. The molecule has 0 rings (SSSR count). The highest BCUT2D eigenvalue weighted by molar-refractivity contribution is 5.80. The Morgan fingerprint density at radius 2 is 1.88 bits per heavy atom. The Bertz CT molecular complexity index is 313. The van der Waals surface area contributed by atoms with E-state index >= 15 is 0 Å². The first-order chi connectivity index (χ1) is 8.02. The second-order valence-corrected chi connectivity index (χ2v) is 4.00. The van der Waals surface area contributed by atoms with Gasteiger partial charge in [0.15, 0.2) is 0 Å². The quantitative estimate of drug-likeness (QED) is 0.480. The van der Waals surface area contributed by atoms with E-state index in [1.807, 2.05) is 0 Å². The number of carboxylic acids is 2. The molecule has 0 aliphatic heterocycles. The minimum atomic E-state index is -1.12. The van der Waals surface area contributed by atoms with Gasteiger partial charge in [0.25, 0.3) is 0 Å². The van der Waals surface area contributed by atoms with Crippen LogP contribution in [0.25, 0.3) is 0 Å². The van der Waals surface area contributed by atoms with E-state index < -0.39 is 24.3 Å². The molecule has 0 aromatic heterocycles. The van der Waals surface area contributed by atoms with Gasteiger partial charge < -0.3 is 10.2 Å². The molecule has 0 spiro atoms. The third-order valence-corrected chi connectivity index (χ3v) is 2.62. The fourth-order valence-corrected chi connectivity index (χ4v) is 1.66. The number of rotatable bonds is 9. The molecule has 2 N–H and O–H groups in total. The molecule has 17 heavy (non-hydrogen) atoms. The van der Waals surface area contributed by atoms with Crippen LogP contribution < -0.4 is 0 Å². The van der Waals surface area contributed by atoms with E-state index in [1.54, 1.807) is 0 Å². The molecule has 0 aromatic carbocycles. The van der Waals surface area contributed by atoms with Crippen molar-refractivity contribution in [1.82, 2.24) is 0 Å². The first-order valence-electron chi connectivity index (χ1n) is 5.86. The fraction of sp³-hybridized carbons (Fsp3) is 0.615. The van der Waals surface area contributed by atoms with Gasteiger partial charge >= 0.3 is 11.9 Å². The maximum Gasteiger partial charge on any atom is 0.311 e. The standard InChI is InChI=1S/C13H20O4/c1-3-5-6-7-8-10(4-2)11(13(16)17)9-12(14)15/h11H,2-3,5-9H2,1H3,(H,14,15)(H,16,17). The molecule has 0 aromatic rings. The maximum atomic E-state index is 11.0. The number of carboxylic acid groups (broad SMARTS) is 2. The third kappa shape index (κ3) is 6.59. The van der Waals surface area contributed by atoms with Crippen molar-refractivity contribution in [2.45, 2.75) is 45.4 Å². The van der Waals surface area contributed by atoms with Gasteiger partial charge in [0.05, 0.1) is 12.3 Å². The molecular weight excluding hydrogens is 220 g/mol. The summed E-state index contributed by atoms with van der Waals surface area (Å²) in [6.07, 6.45) is 4.23. The van der Waals surface area contributed by atoms with Crippen LogP contribution in [0.3, 0.4) is 0 Å². The highest BCUT2D eigenvalue weighted by Crippen LogP contribution is 2.21. The zero-order valence-corrected chi connectivity index (χ0v) is 10.2. The van der Waals surface area contributed by atoms with Crippen LogP contribution in [0, 0.1) is 5.92 Å². The highest BCUT2D eigenvalue weighted by atomic mass is 16.4. The molecule has 0 fully saturated rings. The molecule has 0 heterocycles. The van der Waals surface area contributed by atoms with Crippen molar-refractivity contribution in [3.05, 3.63) is 17.9 Å². The van der Waals surface area contributed by atoms with Gasteiger partial charge in [-0.3, -0.25) is 9.59 Å². The summed E-state index contributed by atoms with van der Waals surface area (Å²) in [5.74, 6) is -3.22. The van der Waals surface area contributed by atoms with E-state index in [2.05, 4.69) is 19.2 Å². The fourth-order valence-electron chi connectivity index (χ4n) is 1.66. The summed E-state index contributed by atoms with van der Waals surface area (Å²) >= 11 is 0. The van der Waals surface area contributed by atoms with Crippen LogP contribution in [0.5, 0.6) is 0 Å². The zero-order chi connectivity index (χ0) is 13.3. The molecule has 0 saturated heterocycles. The molecule has 4 nitrogen and oxygen atoms in total. The zero-order valence-electron chi connectivity index (χ0n) is 10.2. The van der Waals surface area contributed by atoms with Gasteiger partial charge in [0.2, 0.25) is 0 Å². The molecular formula is C13H20O4. The monoisotopic (exact) mass is 240 g/mol. The first kappa shape index (κ1) is 15.5. The van der Waals surface area contributed by atoms with Crippen LogP contribution in [0.4, 0.5) is 0 Å². The lowest BCUT2D eigenvalue weighted by atomic mass is 9.92. The minimum Gasteiger partial charge on any atom is -0.481 e. The topological polar surface area (TPSA) is 74.6 Å². The van der Waals surface area contributed by atoms with Crippen molar-refractivity contribution >= 4 is 11.9 Å². The largest absolute Gasteiger partial charge is 0.481 e. The average Bonchev–Trinajstić information content (AvgIpc) is 2.26. The molecule has 0 aliphatic carbocycles. The van der Waals surface area contributed by atoms with E-state index in [1.165, 1.54) is 0 Å². The van der Waals surface area contributed by atoms with Crippen molar-refractivity contribution in [1.29, 1.82) is 0 Å². The van der Waals surface area contributed by atoms with Crippen LogP contribution in [-0.2, 0) is 9.59 Å². The number of unbranched alkanes of at least 4 members (excludes halogenated alkanes) is 3. The lowest BCUT2D eigenvalue weighted by Gasteiger charge is -2.12. The Labute approximate surface area is 102 Å². The van der Waals surface area contributed by atoms with Gasteiger partial charge in [-0.25, -0.2) is 0 Å². The van der Waals surface area contributed by atoms with E-state index in [9.17, 15) is 9.59 Å². The van der Waals surface area contributed by atoms with Crippen molar-refractivity contribution in [3.63, 3.8) is 0 Å². The molecule has 0 saturated carbocycles. The van der Waals surface area contributed by atoms with Crippen LogP contribution in [0.1, 0.15) is 45.4 Å². The normalized spacial score (nSPS) is 11.6. The molecule has 1 unspecified atom stereocenters. The number of carbonyl (C=O) groups is 2. The van der Waals surface area contributed by atoms with Crippen LogP contribution in [-0.4, -0.2) is 22.2 Å². The molecule has 0 amide bonds. The summed E-state index contributed by atoms with van der Waals surface area (Å²) in [7, 11) is 0. The Morgan fingerprint density at radius 1 is 1.24 bits per heavy atom. The van der Waals surface area contributed by atoms with Gasteiger partial charge in [0, 0.05) is 0 Å². The highest BCUT2D eigenvalue weighted by Gasteiger charge is 2.24. The second-order valence-electron chi connectivity index (χ2n) is 4.00. The molecule has 96 valence electrons. The van der Waals surface area contributed by atoms with Gasteiger partial charge in [-0.2, -0.15) is 0 Å². The third-order valence-electron chi connectivity index (χ3n) is 2.62. The van der Waals surface area contributed by atoms with Crippen molar-refractivity contribution < 1.29 is 19.8 Å². The number of aliphatic carboxylic acids is 2. The van der Waals surface area contributed by atoms with E-state index in [0.29, 0.717) is 12.0 Å².